The van der Waals surface area contributed by atoms with E-state index in [9.17, 15) is 9.90 Å². The van der Waals surface area contributed by atoms with E-state index in [0.29, 0.717) is 17.1 Å². The number of carbonyl (C=O) groups excluding carboxylic acids is 1. The van der Waals surface area contributed by atoms with Crippen LogP contribution in [-0.2, 0) is 6.54 Å². The van der Waals surface area contributed by atoms with Crippen molar-refractivity contribution in [1.29, 1.82) is 0 Å². The second kappa shape index (κ2) is 6.22. The molecule has 3 rings (SSSR count). The van der Waals surface area contributed by atoms with Gasteiger partial charge in [0.15, 0.2) is 5.69 Å². The smallest absolute Gasteiger partial charge is 0.295 e. The van der Waals surface area contributed by atoms with Gasteiger partial charge in [0.25, 0.3) is 5.91 Å². The number of azo groups is 1. The van der Waals surface area contributed by atoms with Gasteiger partial charge in [0.05, 0.1) is 5.52 Å². The summed E-state index contributed by atoms with van der Waals surface area (Å²) in [4.78, 5) is 12.1. The first-order chi connectivity index (χ1) is 11.1. The molecule has 0 saturated carbocycles. The molecule has 0 saturated heterocycles. The zero-order valence-corrected chi connectivity index (χ0v) is 13.2. The Morgan fingerprint density at radius 3 is 2.74 bits per heavy atom. The summed E-state index contributed by atoms with van der Waals surface area (Å²) in [5.41, 5.74) is 1.48. The Labute approximate surface area is 137 Å². The Kier molecular flexibility index (Phi) is 4.12. The van der Waals surface area contributed by atoms with Gasteiger partial charge < -0.3 is 9.67 Å². The third-order valence-electron chi connectivity index (χ3n) is 3.55. The molecule has 1 heterocycles. The number of fused-ring (bicyclic) bond motifs is 1. The summed E-state index contributed by atoms with van der Waals surface area (Å²) in [6.07, 6.45) is 0. The van der Waals surface area contributed by atoms with E-state index >= 15 is 0 Å². The third-order valence-corrected chi connectivity index (χ3v) is 3.78. The van der Waals surface area contributed by atoms with Crippen molar-refractivity contribution in [2.75, 3.05) is 0 Å². The first kappa shape index (κ1) is 15.2. The summed E-state index contributed by atoms with van der Waals surface area (Å²) in [5.74, 6) is -0.517. The summed E-state index contributed by atoms with van der Waals surface area (Å²) < 4.78 is 1.72. The van der Waals surface area contributed by atoms with E-state index in [4.69, 9.17) is 11.6 Å². The van der Waals surface area contributed by atoms with Gasteiger partial charge in [-0.05, 0) is 31.2 Å². The predicted octanol–water partition coefficient (Wildman–Crippen LogP) is 4.94. The molecule has 0 fully saturated rings. The van der Waals surface area contributed by atoms with Crippen LogP contribution in [0.4, 0.5) is 5.69 Å². The van der Waals surface area contributed by atoms with E-state index in [-0.39, 0.29) is 11.6 Å². The molecule has 0 unspecified atom stereocenters. The minimum atomic E-state index is -0.514. The number of aromatic hydroxyl groups is 1. The van der Waals surface area contributed by atoms with Crippen LogP contribution in [0.2, 0.25) is 5.02 Å². The monoisotopic (exact) mass is 327 g/mol. The average Bonchev–Trinajstić information content (AvgIpc) is 2.83. The van der Waals surface area contributed by atoms with E-state index in [1.54, 1.807) is 22.8 Å². The number of halogens is 1. The quantitative estimate of drug-likeness (QED) is 0.692. The highest BCUT2D eigenvalue weighted by molar-refractivity contribution is 6.30. The molecule has 1 aromatic heterocycles. The van der Waals surface area contributed by atoms with Crippen LogP contribution in [0.1, 0.15) is 17.3 Å². The standard InChI is InChI=1S/C17H14ClN3O2/c1-2-21-14-9-4-3-8-13(14)15(17(21)23)19-20-16(22)11-6-5-7-12(18)10-11/h3-10,23H,2H2,1H3. The molecule has 5 nitrogen and oxygen atoms in total. The second-order valence-corrected chi connectivity index (χ2v) is 5.39. The lowest BCUT2D eigenvalue weighted by atomic mass is 10.2. The van der Waals surface area contributed by atoms with E-state index in [1.807, 2.05) is 31.2 Å². The first-order valence-electron chi connectivity index (χ1n) is 7.13. The molecule has 0 aliphatic heterocycles. The third kappa shape index (κ3) is 2.83. The van der Waals surface area contributed by atoms with Crippen LogP contribution in [0.5, 0.6) is 5.88 Å². The zero-order valence-electron chi connectivity index (χ0n) is 12.4. The summed E-state index contributed by atoms with van der Waals surface area (Å²) in [7, 11) is 0. The van der Waals surface area contributed by atoms with Crippen molar-refractivity contribution < 1.29 is 9.90 Å². The number of carbonyl (C=O) groups is 1. The van der Waals surface area contributed by atoms with Crippen LogP contribution < -0.4 is 0 Å². The van der Waals surface area contributed by atoms with Crippen LogP contribution in [0.15, 0.2) is 58.8 Å². The van der Waals surface area contributed by atoms with Gasteiger partial charge in [0.2, 0.25) is 5.88 Å². The molecule has 116 valence electrons. The molecule has 0 aliphatic rings. The highest BCUT2D eigenvalue weighted by Crippen LogP contribution is 2.38. The molecule has 2 aromatic carbocycles. The molecule has 23 heavy (non-hydrogen) atoms. The Balaban J connectivity index is 2.01. The number of rotatable bonds is 3. The summed E-state index contributed by atoms with van der Waals surface area (Å²) in [6.45, 7) is 2.51. The zero-order chi connectivity index (χ0) is 16.4. The summed E-state index contributed by atoms with van der Waals surface area (Å²) in [5, 5.41) is 19.2. The number of amides is 1. The van der Waals surface area contributed by atoms with Gasteiger partial charge in [0.1, 0.15) is 0 Å². The molecule has 1 N–H and O–H groups in total. The van der Waals surface area contributed by atoms with Crippen molar-refractivity contribution in [1.82, 2.24) is 4.57 Å². The van der Waals surface area contributed by atoms with Crippen molar-refractivity contribution in [2.45, 2.75) is 13.5 Å². The van der Waals surface area contributed by atoms with Crippen LogP contribution in [0.25, 0.3) is 10.9 Å². The molecule has 3 aromatic rings. The first-order valence-corrected chi connectivity index (χ1v) is 7.51. The lowest BCUT2D eigenvalue weighted by molar-refractivity contribution is 0.0995. The number of aryl methyl sites for hydroxylation is 1. The number of aromatic nitrogens is 1. The fourth-order valence-electron chi connectivity index (χ4n) is 2.46. The molecular formula is C17H14ClN3O2. The Bertz CT molecular complexity index is 915. The second-order valence-electron chi connectivity index (χ2n) is 4.95. The minimum Gasteiger partial charge on any atom is -0.493 e. The Hall–Kier alpha value is -2.66. The number of hydrogen-bond acceptors (Lipinski definition) is 3. The number of nitrogens with zero attached hydrogens (tertiary/aromatic N) is 3. The van der Waals surface area contributed by atoms with Gasteiger partial charge in [0, 0.05) is 22.5 Å². The maximum Gasteiger partial charge on any atom is 0.295 e. The van der Waals surface area contributed by atoms with Gasteiger partial charge in [-0.1, -0.05) is 35.9 Å². The number of benzene rings is 2. The van der Waals surface area contributed by atoms with Crippen molar-refractivity contribution in [3.8, 4) is 5.88 Å². The largest absolute Gasteiger partial charge is 0.493 e. The minimum absolute atomic E-state index is 0.00339. The SMILES string of the molecule is CCn1c(O)c(N=NC(=O)c2cccc(Cl)c2)c2ccccc21. The summed E-state index contributed by atoms with van der Waals surface area (Å²) >= 11 is 5.86. The van der Waals surface area contributed by atoms with Gasteiger partial charge in [-0.15, -0.1) is 10.2 Å². The van der Waals surface area contributed by atoms with Crippen molar-refractivity contribution >= 4 is 34.1 Å². The maximum absolute atomic E-state index is 12.1. The Morgan fingerprint density at radius 1 is 1.22 bits per heavy atom. The normalized spacial score (nSPS) is 11.4. The van der Waals surface area contributed by atoms with E-state index < -0.39 is 5.91 Å². The molecule has 0 radical (unpaired) electrons. The van der Waals surface area contributed by atoms with E-state index in [0.717, 1.165) is 10.9 Å². The van der Waals surface area contributed by atoms with Crippen LogP contribution in [-0.4, -0.2) is 15.6 Å². The fourth-order valence-corrected chi connectivity index (χ4v) is 2.66. The van der Waals surface area contributed by atoms with Gasteiger partial charge in [-0.3, -0.25) is 4.79 Å². The lowest BCUT2D eigenvalue weighted by Gasteiger charge is -2.00. The van der Waals surface area contributed by atoms with Crippen molar-refractivity contribution in [3.05, 3.63) is 59.1 Å². The Morgan fingerprint density at radius 2 is 2.00 bits per heavy atom. The van der Waals surface area contributed by atoms with Gasteiger partial charge >= 0.3 is 0 Å². The van der Waals surface area contributed by atoms with E-state index in [1.165, 1.54) is 6.07 Å². The molecule has 0 atom stereocenters. The molecule has 0 aliphatic carbocycles. The highest BCUT2D eigenvalue weighted by atomic mass is 35.5. The number of para-hydroxylation sites is 1. The maximum atomic E-state index is 12.1. The molecule has 0 spiro atoms. The summed E-state index contributed by atoms with van der Waals surface area (Å²) in [6, 6.07) is 13.9. The highest BCUT2D eigenvalue weighted by Gasteiger charge is 2.15. The number of hydrogen-bond donors (Lipinski definition) is 1. The predicted molar refractivity (Wildman–Crippen MR) is 89.6 cm³/mol. The van der Waals surface area contributed by atoms with E-state index in [2.05, 4.69) is 10.2 Å². The average molecular weight is 328 g/mol. The molecule has 6 heteroatoms. The van der Waals surface area contributed by atoms with Gasteiger partial charge in [-0.25, -0.2) is 0 Å². The molecule has 0 bridgehead atoms. The van der Waals surface area contributed by atoms with Crippen LogP contribution in [0.3, 0.4) is 0 Å². The fraction of sp³-hybridized carbons (Fsp3) is 0.118. The lowest BCUT2D eigenvalue weighted by Crippen LogP contribution is -1.93. The topological polar surface area (TPSA) is 66.9 Å². The van der Waals surface area contributed by atoms with Crippen molar-refractivity contribution in [2.24, 2.45) is 10.2 Å². The molecule has 1 amide bonds. The van der Waals surface area contributed by atoms with Gasteiger partial charge in [-0.2, -0.15) is 0 Å². The van der Waals surface area contributed by atoms with Crippen LogP contribution in [0, 0.1) is 0 Å². The molecular weight excluding hydrogens is 314 g/mol. The van der Waals surface area contributed by atoms with Crippen molar-refractivity contribution in [3.63, 3.8) is 0 Å². The van der Waals surface area contributed by atoms with Crippen LogP contribution >= 0.6 is 11.6 Å².